The van der Waals surface area contributed by atoms with Gasteiger partial charge in [-0.05, 0) is 24.6 Å². The quantitative estimate of drug-likeness (QED) is 0.685. The predicted octanol–water partition coefficient (Wildman–Crippen LogP) is 2.27. The summed E-state index contributed by atoms with van der Waals surface area (Å²) in [7, 11) is 0. The number of benzene rings is 1. The third-order valence-electron chi connectivity index (χ3n) is 3.48. The van der Waals surface area contributed by atoms with E-state index >= 15 is 0 Å². The fourth-order valence-corrected chi connectivity index (χ4v) is 2.47. The molecule has 0 radical (unpaired) electrons. The van der Waals surface area contributed by atoms with Crippen molar-refractivity contribution in [1.82, 2.24) is 9.78 Å². The number of fused-ring (bicyclic) bond motifs is 1. The second-order valence-electron chi connectivity index (χ2n) is 4.79. The molecule has 1 aliphatic rings. The summed E-state index contributed by atoms with van der Waals surface area (Å²) in [6.45, 7) is 5.24. The van der Waals surface area contributed by atoms with E-state index in [1.807, 2.05) is 36.0 Å². The Morgan fingerprint density at radius 1 is 1.25 bits per heavy atom. The molecule has 0 atom stereocenters. The van der Waals surface area contributed by atoms with Crippen LogP contribution in [0.15, 0.2) is 36.5 Å². The topological polar surface area (TPSA) is 54.1 Å². The predicted molar refractivity (Wildman–Crippen MR) is 78.2 cm³/mol. The number of rotatable bonds is 4. The number of anilines is 1. The van der Waals surface area contributed by atoms with Gasteiger partial charge >= 0.3 is 0 Å². The average molecular weight is 270 g/mol. The van der Waals surface area contributed by atoms with E-state index < -0.39 is 0 Å². The normalized spacial score (nSPS) is 13.3. The van der Waals surface area contributed by atoms with Gasteiger partial charge in [-0.25, -0.2) is 4.68 Å². The summed E-state index contributed by atoms with van der Waals surface area (Å²) in [6.07, 6.45) is 1.84. The summed E-state index contributed by atoms with van der Waals surface area (Å²) in [6, 6.07) is 10.1. The van der Waals surface area contributed by atoms with Gasteiger partial charge in [-0.15, -0.1) is 0 Å². The molecule has 104 valence electrons. The molecule has 0 saturated heterocycles. The van der Waals surface area contributed by atoms with Crippen molar-refractivity contribution < 1.29 is 4.74 Å². The SMILES string of the molecule is CCOC(=N)c1ccc(CN2CCn3nccc32)cc1. The maximum Gasteiger partial charge on any atom is 0.213 e. The molecule has 20 heavy (non-hydrogen) atoms. The molecule has 5 nitrogen and oxygen atoms in total. The highest BCUT2D eigenvalue weighted by atomic mass is 16.5. The van der Waals surface area contributed by atoms with Crippen LogP contribution in [0, 0.1) is 5.41 Å². The fourth-order valence-electron chi connectivity index (χ4n) is 2.47. The summed E-state index contributed by atoms with van der Waals surface area (Å²) in [4.78, 5) is 2.32. The summed E-state index contributed by atoms with van der Waals surface area (Å²) in [5, 5.41) is 12.0. The number of nitrogens with zero attached hydrogens (tertiary/aromatic N) is 3. The molecule has 1 aliphatic heterocycles. The molecule has 3 rings (SSSR count). The maximum atomic E-state index is 7.76. The van der Waals surface area contributed by atoms with E-state index in [1.54, 1.807) is 0 Å². The van der Waals surface area contributed by atoms with Crippen LogP contribution < -0.4 is 4.90 Å². The Bertz CT molecular complexity index is 603. The van der Waals surface area contributed by atoms with E-state index in [9.17, 15) is 0 Å². The average Bonchev–Trinajstić information content (AvgIpc) is 3.05. The van der Waals surface area contributed by atoms with E-state index in [-0.39, 0.29) is 5.90 Å². The Labute approximate surface area is 118 Å². The molecule has 2 heterocycles. The summed E-state index contributed by atoms with van der Waals surface area (Å²) >= 11 is 0. The Kier molecular flexibility index (Phi) is 3.41. The van der Waals surface area contributed by atoms with Gasteiger partial charge in [0, 0.05) is 24.7 Å². The maximum absolute atomic E-state index is 7.76. The Balaban J connectivity index is 1.69. The van der Waals surface area contributed by atoms with Gasteiger partial charge < -0.3 is 9.64 Å². The summed E-state index contributed by atoms with van der Waals surface area (Å²) < 4.78 is 7.23. The molecular formula is C15H18N4O. The fraction of sp³-hybridized carbons (Fsp3) is 0.333. The second kappa shape index (κ2) is 5.36. The lowest BCUT2D eigenvalue weighted by Gasteiger charge is -2.17. The monoisotopic (exact) mass is 270 g/mol. The van der Waals surface area contributed by atoms with Gasteiger partial charge in [-0.3, -0.25) is 5.41 Å². The van der Waals surface area contributed by atoms with Crippen LogP contribution >= 0.6 is 0 Å². The first-order chi connectivity index (χ1) is 9.78. The van der Waals surface area contributed by atoms with Crippen LogP contribution in [0.3, 0.4) is 0 Å². The lowest BCUT2D eigenvalue weighted by Crippen LogP contribution is -2.19. The van der Waals surface area contributed by atoms with Gasteiger partial charge in [-0.2, -0.15) is 5.10 Å². The highest BCUT2D eigenvalue weighted by Gasteiger charge is 2.18. The number of ether oxygens (including phenoxy) is 1. The van der Waals surface area contributed by atoms with Crippen LogP contribution in [0.5, 0.6) is 0 Å². The largest absolute Gasteiger partial charge is 0.478 e. The van der Waals surface area contributed by atoms with Crippen LogP contribution in [0.1, 0.15) is 18.1 Å². The van der Waals surface area contributed by atoms with Gasteiger partial charge in [0.2, 0.25) is 5.90 Å². The first kappa shape index (κ1) is 12.7. The van der Waals surface area contributed by atoms with Crippen molar-refractivity contribution in [2.45, 2.75) is 20.0 Å². The second-order valence-corrected chi connectivity index (χ2v) is 4.79. The van der Waals surface area contributed by atoms with Crippen LogP contribution in [0.2, 0.25) is 0 Å². The van der Waals surface area contributed by atoms with Crippen molar-refractivity contribution in [2.24, 2.45) is 0 Å². The lowest BCUT2D eigenvalue weighted by molar-refractivity contribution is 0.325. The van der Waals surface area contributed by atoms with Crippen LogP contribution in [-0.2, 0) is 17.8 Å². The van der Waals surface area contributed by atoms with Gasteiger partial charge in [0.1, 0.15) is 5.82 Å². The molecule has 0 bridgehead atoms. The standard InChI is InChI=1S/C15H18N4O/c1-2-20-15(16)13-5-3-12(4-6-13)11-18-9-10-19-14(18)7-8-17-19/h3-8,16H,2,9-11H2,1H3. The molecule has 5 heteroatoms. The molecule has 1 aromatic carbocycles. The van der Waals surface area contributed by atoms with Crippen LogP contribution in [0.25, 0.3) is 0 Å². The zero-order valence-electron chi connectivity index (χ0n) is 11.5. The molecule has 0 saturated carbocycles. The Morgan fingerprint density at radius 3 is 2.80 bits per heavy atom. The highest BCUT2D eigenvalue weighted by Crippen LogP contribution is 2.22. The van der Waals surface area contributed by atoms with Crippen molar-refractivity contribution in [2.75, 3.05) is 18.1 Å². The van der Waals surface area contributed by atoms with Gasteiger partial charge in [0.15, 0.2) is 0 Å². The van der Waals surface area contributed by atoms with Crippen molar-refractivity contribution in [3.63, 3.8) is 0 Å². The van der Waals surface area contributed by atoms with Gasteiger partial charge in [-0.1, -0.05) is 12.1 Å². The van der Waals surface area contributed by atoms with E-state index in [0.29, 0.717) is 6.61 Å². The van der Waals surface area contributed by atoms with Gasteiger partial charge in [0.25, 0.3) is 0 Å². The lowest BCUT2D eigenvalue weighted by atomic mass is 10.1. The Hall–Kier alpha value is -2.30. The molecule has 0 fully saturated rings. The summed E-state index contributed by atoms with van der Waals surface area (Å²) in [5.41, 5.74) is 2.05. The third-order valence-corrected chi connectivity index (χ3v) is 3.48. The zero-order valence-corrected chi connectivity index (χ0v) is 11.5. The molecule has 1 aromatic heterocycles. The van der Waals surface area contributed by atoms with Crippen molar-refractivity contribution in [3.8, 4) is 0 Å². The molecular weight excluding hydrogens is 252 g/mol. The number of hydrogen-bond acceptors (Lipinski definition) is 4. The highest BCUT2D eigenvalue weighted by molar-refractivity contribution is 5.91. The number of hydrogen-bond donors (Lipinski definition) is 1. The zero-order chi connectivity index (χ0) is 13.9. The minimum Gasteiger partial charge on any atom is -0.478 e. The van der Waals surface area contributed by atoms with Crippen LogP contribution in [0.4, 0.5) is 5.82 Å². The van der Waals surface area contributed by atoms with Crippen molar-refractivity contribution in [1.29, 1.82) is 5.41 Å². The minimum atomic E-state index is 0.235. The van der Waals surface area contributed by atoms with E-state index in [1.165, 1.54) is 11.4 Å². The van der Waals surface area contributed by atoms with E-state index in [4.69, 9.17) is 10.1 Å². The molecule has 0 aliphatic carbocycles. The number of aromatic nitrogens is 2. The van der Waals surface area contributed by atoms with Gasteiger partial charge in [0.05, 0.1) is 19.3 Å². The van der Waals surface area contributed by atoms with Crippen molar-refractivity contribution in [3.05, 3.63) is 47.7 Å². The molecule has 0 amide bonds. The molecule has 0 unspecified atom stereocenters. The smallest absolute Gasteiger partial charge is 0.213 e. The van der Waals surface area contributed by atoms with Crippen molar-refractivity contribution >= 4 is 11.7 Å². The van der Waals surface area contributed by atoms with E-state index in [2.05, 4.69) is 22.1 Å². The molecule has 2 aromatic rings. The first-order valence-corrected chi connectivity index (χ1v) is 6.85. The molecule has 0 spiro atoms. The summed E-state index contributed by atoms with van der Waals surface area (Å²) in [5.74, 6) is 1.41. The first-order valence-electron chi connectivity index (χ1n) is 6.85. The third kappa shape index (κ3) is 2.39. The molecule has 1 N–H and O–H groups in total. The van der Waals surface area contributed by atoms with E-state index in [0.717, 1.165) is 25.2 Å². The van der Waals surface area contributed by atoms with Crippen LogP contribution in [-0.4, -0.2) is 28.8 Å². The number of nitrogens with one attached hydrogen (secondary N) is 1. The Morgan fingerprint density at radius 2 is 2.05 bits per heavy atom. The minimum absolute atomic E-state index is 0.235.